The van der Waals surface area contributed by atoms with E-state index in [4.69, 9.17) is 4.42 Å². The Kier molecular flexibility index (Phi) is 4.97. The molecule has 4 heterocycles. The van der Waals surface area contributed by atoms with Crippen molar-refractivity contribution in [3.8, 4) is 11.6 Å². The Morgan fingerprint density at radius 3 is 2.74 bits per heavy atom. The molecular weight excluding hydrogens is 392 g/mol. The Hall–Kier alpha value is -3.55. The van der Waals surface area contributed by atoms with Gasteiger partial charge in [0.2, 0.25) is 5.89 Å². The zero-order valence-electron chi connectivity index (χ0n) is 17.7. The predicted octanol–water partition coefficient (Wildman–Crippen LogP) is 3.83. The van der Waals surface area contributed by atoms with Crippen LogP contribution in [0.25, 0.3) is 22.4 Å². The van der Waals surface area contributed by atoms with E-state index in [0.717, 1.165) is 35.9 Å². The van der Waals surface area contributed by atoms with Crippen molar-refractivity contribution in [2.75, 3.05) is 13.1 Å². The number of likely N-dealkylation sites (tertiary alicyclic amines) is 1. The Morgan fingerprint density at radius 1 is 1.16 bits per heavy atom. The first-order chi connectivity index (χ1) is 15.1. The molecule has 1 fully saturated rings. The van der Waals surface area contributed by atoms with E-state index in [2.05, 4.69) is 20.3 Å². The van der Waals surface area contributed by atoms with E-state index in [1.807, 2.05) is 55.3 Å². The highest BCUT2D eigenvalue weighted by Gasteiger charge is 2.29. The molecule has 1 aliphatic heterocycles. The van der Waals surface area contributed by atoms with E-state index < -0.39 is 0 Å². The Labute approximate surface area is 179 Å². The second-order valence-corrected chi connectivity index (χ2v) is 7.88. The molecule has 8 heteroatoms. The van der Waals surface area contributed by atoms with E-state index in [-0.39, 0.29) is 11.8 Å². The molecule has 1 aromatic carbocycles. The zero-order chi connectivity index (χ0) is 21.4. The van der Waals surface area contributed by atoms with Crippen LogP contribution in [0.1, 0.15) is 47.6 Å². The van der Waals surface area contributed by atoms with Gasteiger partial charge in [-0.1, -0.05) is 24.3 Å². The van der Waals surface area contributed by atoms with Crippen molar-refractivity contribution in [3.05, 3.63) is 59.9 Å². The average Bonchev–Trinajstić information content (AvgIpc) is 3.45. The van der Waals surface area contributed by atoms with E-state index in [1.54, 1.807) is 10.9 Å². The normalized spacial score (nSPS) is 15.0. The van der Waals surface area contributed by atoms with Crippen LogP contribution >= 0.6 is 0 Å². The van der Waals surface area contributed by atoms with Crippen LogP contribution in [0.5, 0.6) is 0 Å². The monoisotopic (exact) mass is 416 g/mol. The fourth-order valence-corrected chi connectivity index (χ4v) is 4.18. The minimum absolute atomic E-state index is 0.0434. The molecule has 0 spiro atoms. The maximum atomic E-state index is 12.9. The van der Waals surface area contributed by atoms with Gasteiger partial charge in [0.25, 0.3) is 11.8 Å². The Bertz CT molecular complexity index is 1230. The van der Waals surface area contributed by atoms with Gasteiger partial charge in [-0.15, -0.1) is 10.2 Å². The second kappa shape index (κ2) is 7.94. The maximum absolute atomic E-state index is 12.9. The molecule has 0 atom stereocenters. The van der Waals surface area contributed by atoms with Gasteiger partial charge in [0.1, 0.15) is 5.69 Å². The summed E-state index contributed by atoms with van der Waals surface area (Å²) in [6, 6.07) is 9.98. The first kappa shape index (κ1) is 19.4. The summed E-state index contributed by atoms with van der Waals surface area (Å²) in [4.78, 5) is 19.3. The van der Waals surface area contributed by atoms with E-state index in [0.29, 0.717) is 36.1 Å². The molecular formula is C23H24N6O2. The smallest absolute Gasteiger partial charge is 0.266 e. The summed E-state index contributed by atoms with van der Waals surface area (Å²) in [5, 5.41) is 15.0. The molecule has 4 aromatic rings. The number of pyridine rings is 1. The summed E-state index contributed by atoms with van der Waals surface area (Å²) in [6.45, 7) is 5.96. The SMILES string of the molecule is CCn1cc(C(=O)N2CCC(c3nnc(-c4nccc5ccccc45)o3)CC2)c(C)n1. The van der Waals surface area contributed by atoms with Crippen molar-refractivity contribution in [1.82, 2.24) is 29.9 Å². The van der Waals surface area contributed by atoms with Crippen molar-refractivity contribution < 1.29 is 9.21 Å². The molecule has 158 valence electrons. The summed E-state index contributed by atoms with van der Waals surface area (Å²) in [7, 11) is 0. The third kappa shape index (κ3) is 3.58. The van der Waals surface area contributed by atoms with Crippen LogP contribution in [0.15, 0.2) is 47.1 Å². The third-order valence-electron chi connectivity index (χ3n) is 5.95. The number of aromatic nitrogens is 5. The quantitative estimate of drug-likeness (QED) is 0.502. The van der Waals surface area contributed by atoms with Crippen LogP contribution in [0.4, 0.5) is 0 Å². The minimum atomic E-state index is 0.0434. The van der Waals surface area contributed by atoms with E-state index in [9.17, 15) is 4.79 Å². The van der Waals surface area contributed by atoms with Gasteiger partial charge in [-0.2, -0.15) is 5.10 Å². The van der Waals surface area contributed by atoms with Gasteiger partial charge < -0.3 is 9.32 Å². The molecule has 0 radical (unpaired) electrons. The van der Waals surface area contributed by atoms with Gasteiger partial charge >= 0.3 is 0 Å². The molecule has 0 saturated carbocycles. The van der Waals surface area contributed by atoms with Crippen LogP contribution in [0, 0.1) is 6.92 Å². The highest BCUT2D eigenvalue weighted by atomic mass is 16.4. The number of nitrogens with zero attached hydrogens (tertiary/aromatic N) is 6. The van der Waals surface area contributed by atoms with E-state index >= 15 is 0 Å². The molecule has 0 bridgehead atoms. The summed E-state index contributed by atoms with van der Waals surface area (Å²) in [5.41, 5.74) is 2.16. The molecule has 1 amide bonds. The Balaban J connectivity index is 1.30. The number of hydrogen-bond donors (Lipinski definition) is 0. The van der Waals surface area contributed by atoms with Crippen molar-refractivity contribution in [2.24, 2.45) is 0 Å². The van der Waals surface area contributed by atoms with Gasteiger partial charge in [-0.3, -0.25) is 14.5 Å². The summed E-state index contributed by atoms with van der Waals surface area (Å²) < 4.78 is 7.84. The van der Waals surface area contributed by atoms with Gasteiger partial charge in [0.15, 0.2) is 0 Å². The molecule has 0 aliphatic carbocycles. The van der Waals surface area contributed by atoms with Gasteiger partial charge in [0, 0.05) is 43.3 Å². The number of carbonyl (C=O) groups excluding carboxylic acids is 1. The summed E-state index contributed by atoms with van der Waals surface area (Å²) in [5.74, 6) is 1.24. The lowest BCUT2D eigenvalue weighted by Crippen LogP contribution is -2.38. The van der Waals surface area contributed by atoms with Crippen LogP contribution in [-0.4, -0.2) is 48.9 Å². The lowest BCUT2D eigenvalue weighted by molar-refractivity contribution is 0.0705. The minimum Gasteiger partial charge on any atom is -0.419 e. The van der Waals surface area contributed by atoms with Crippen molar-refractivity contribution in [2.45, 2.75) is 39.2 Å². The lowest BCUT2D eigenvalue weighted by atomic mass is 9.96. The van der Waals surface area contributed by atoms with Gasteiger partial charge in [0.05, 0.1) is 11.3 Å². The van der Waals surface area contributed by atoms with Crippen LogP contribution in [0.3, 0.4) is 0 Å². The lowest BCUT2D eigenvalue weighted by Gasteiger charge is -2.30. The molecule has 5 rings (SSSR count). The van der Waals surface area contributed by atoms with E-state index in [1.165, 1.54) is 0 Å². The van der Waals surface area contributed by atoms with Gasteiger partial charge in [-0.25, -0.2) is 0 Å². The first-order valence-electron chi connectivity index (χ1n) is 10.6. The topological polar surface area (TPSA) is 89.9 Å². The van der Waals surface area contributed by atoms with Crippen LogP contribution < -0.4 is 0 Å². The summed E-state index contributed by atoms with van der Waals surface area (Å²) >= 11 is 0. The number of amides is 1. The largest absolute Gasteiger partial charge is 0.419 e. The highest BCUT2D eigenvalue weighted by molar-refractivity contribution is 5.95. The second-order valence-electron chi connectivity index (χ2n) is 7.88. The van der Waals surface area contributed by atoms with Crippen molar-refractivity contribution >= 4 is 16.7 Å². The maximum Gasteiger partial charge on any atom is 0.266 e. The predicted molar refractivity (Wildman–Crippen MR) is 116 cm³/mol. The highest BCUT2D eigenvalue weighted by Crippen LogP contribution is 2.31. The summed E-state index contributed by atoms with van der Waals surface area (Å²) in [6.07, 6.45) is 5.17. The zero-order valence-corrected chi connectivity index (χ0v) is 17.7. The molecule has 8 nitrogen and oxygen atoms in total. The molecule has 1 aliphatic rings. The third-order valence-corrected chi connectivity index (χ3v) is 5.95. The van der Waals surface area contributed by atoms with Crippen LogP contribution in [0.2, 0.25) is 0 Å². The fraction of sp³-hybridized carbons (Fsp3) is 0.348. The molecule has 3 aromatic heterocycles. The van der Waals surface area contributed by atoms with Crippen molar-refractivity contribution in [3.63, 3.8) is 0 Å². The number of aryl methyl sites for hydroxylation is 2. The molecule has 0 unspecified atom stereocenters. The average molecular weight is 416 g/mol. The number of piperidine rings is 1. The van der Waals surface area contributed by atoms with Gasteiger partial charge in [-0.05, 0) is 38.1 Å². The number of carbonyl (C=O) groups is 1. The van der Waals surface area contributed by atoms with Crippen LogP contribution in [-0.2, 0) is 6.54 Å². The molecule has 0 N–H and O–H groups in total. The first-order valence-corrected chi connectivity index (χ1v) is 10.6. The number of fused-ring (bicyclic) bond motifs is 1. The molecule has 1 saturated heterocycles. The fourth-order valence-electron chi connectivity index (χ4n) is 4.18. The molecule has 31 heavy (non-hydrogen) atoms. The number of hydrogen-bond acceptors (Lipinski definition) is 6. The number of rotatable bonds is 4. The Morgan fingerprint density at radius 2 is 1.97 bits per heavy atom. The van der Waals surface area contributed by atoms with Crippen molar-refractivity contribution in [1.29, 1.82) is 0 Å². The standard InChI is InChI=1S/C23H24N6O2/c1-3-29-14-19(15(2)27-29)23(30)28-12-9-17(10-13-28)21-25-26-22(31-21)20-18-7-5-4-6-16(18)8-11-24-20/h4-8,11,14,17H,3,9-10,12-13H2,1-2H3. The number of benzene rings is 1.